The zero-order valence-electron chi connectivity index (χ0n) is 18.3. The van der Waals surface area contributed by atoms with Gasteiger partial charge in [0.1, 0.15) is 11.5 Å². The maximum atomic E-state index is 10.8. The first kappa shape index (κ1) is 22.2. The number of hydrogen-bond acceptors (Lipinski definition) is 3. The van der Waals surface area contributed by atoms with E-state index in [1.165, 1.54) is 16.7 Å². The van der Waals surface area contributed by atoms with E-state index in [1.54, 1.807) is 12.1 Å². The van der Waals surface area contributed by atoms with Crippen LogP contribution in [-0.4, -0.2) is 28.8 Å². The molecular weight excluding hydrogens is 408 g/mol. The molecule has 2 aliphatic carbocycles. The summed E-state index contributed by atoms with van der Waals surface area (Å²) in [6.45, 7) is 2.96. The molecule has 0 amide bonds. The number of hydrogen-bond donors (Lipinski definition) is 2. The molecule has 2 aliphatic rings. The number of phenols is 1. The van der Waals surface area contributed by atoms with Crippen LogP contribution in [0.1, 0.15) is 63.0 Å². The highest BCUT2D eigenvalue weighted by Gasteiger charge is 2.49. The summed E-state index contributed by atoms with van der Waals surface area (Å²) in [5, 5.41) is 20.5. The van der Waals surface area contributed by atoms with Crippen molar-refractivity contribution < 1.29 is 14.9 Å². The zero-order valence-corrected chi connectivity index (χ0v) is 19.1. The van der Waals surface area contributed by atoms with Crippen LogP contribution in [0.3, 0.4) is 0 Å². The number of fused-ring (bicyclic) bond motifs is 1. The van der Waals surface area contributed by atoms with Gasteiger partial charge in [-0.1, -0.05) is 31.2 Å². The van der Waals surface area contributed by atoms with E-state index in [9.17, 15) is 10.2 Å². The molecule has 2 aromatic carbocycles. The highest BCUT2D eigenvalue weighted by atomic mass is 35.5. The van der Waals surface area contributed by atoms with E-state index in [0.717, 1.165) is 56.3 Å². The Bertz CT molecular complexity index is 903. The van der Waals surface area contributed by atoms with E-state index in [4.69, 9.17) is 16.3 Å². The van der Waals surface area contributed by atoms with Crippen LogP contribution in [-0.2, 0) is 0 Å². The first-order valence-corrected chi connectivity index (χ1v) is 12.0. The van der Waals surface area contributed by atoms with Crippen molar-refractivity contribution >= 4 is 22.7 Å². The molecule has 1 fully saturated rings. The first-order valence-electron chi connectivity index (χ1n) is 11.5. The van der Waals surface area contributed by atoms with Crippen molar-refractivity contribution in [3.63, 3.8) is 0 Å². The Morgan fingerprint density at radius 3 is 2.32 bits per heavy atom. The van der Waals surface area contributed by atoms with Gasteiger partial charge in [-0.25, -0.2) is 0 Å². The molecule has 0 radical (unpaired) electrons. The van der Waals surface area contributed by atoms with Crippen molar-refractivity contribution in [1.82, 2.24) is 0 Å². The molecule has 31 heavy (non-hydrogen) atoms. The van der Waals surface area contributed by atoms with Crippen molar-refractivity contribution in [1.29, 1.82) is 0 Å². The molecule has 3 atom stereocenters. The predicted molar refractivity (Wildman–Crippen MR) is 128 cm³/mol. The molecule has 166 valence electrons. The number of benzene rings is 2. The van der Waals surface area contributed by atoms with E-state index < -0.39 is 0 Å². The minimum absolute atomic E-state index is 0.0760. The van der Waals surface area contributed by atoms with Crippen LogP contribution < -0.4 is 4.74 Å². The third-order valence-corrected chi connectivity index (χ3v) is 7.59. The van der Waals surface area contributed by atoms with Gasteiger partial charge in [0.05, 0.1) is 12.7 Å². The van der Waals surface area contributed by atoms with Gasteiger partial charge in [-0.05, 0) is 97.4 Å². The van der Waals surface area contributed by atoms with E-state index in [0.29, 0.717) is 18.4 Å². The van der Waals surface area contributed by atoms with Crippen LogP contribution in [0, 0.1) is 11.3 Å². The lowest BCUT2D eigenvalue weighted by Crippen LogP contribution is -2.35. The fraction of sp³-hybridized carbons (Fsp3) is 0.481. The average molecular weight is 441 g/mol. The number of unbranched alkanes of at least 4 members (excludes halogenated alkanes) is 2. The number of aliphatic hydroxyl groups is 1. The Morgan fingerprint density at radius 2 is 1.61 bits per heavy atom. The van der Waals surface area contributed by atoms with Crippen LogP contribution in [0.15, 0.2) is 48.5 Å². The molecule has 4 heteroatoms. The second kappa shape index (κ2) is 9.67. The summed E-state index contributed by atoms with van der Waals surface area (Å²) in [4.78, 5) is 0. The number of rotatable bonds is 8. The molecule has 0 bridgehead atoms. The minimum Gasteiger partial charge on any atom is -0.508 e. The number of phenolic OH excluding ortho intramolecular Hbond substituents is 1. The summed E-state index contributed by atoms with van der Waals surface area (Å²) >= 11 is 5.73. The van der Waals surface area contributed by atoms with Crippen LogP contribution in [0.2, 0.25) is 0 Å². The van der Waals surface area contributed by atoms with E-state index in [1.807, 2.05) is 12.1 Å². The van der Waals surface area contributed by atoms with Crippen molar-refractivity contribution in [2.24, 2.45) is 11.3 Å². The third kappa shape index (κ3) is 4.78. The Kier molecular flexibility index (Phi) is 6.93. The van der Waals surface area contributed by atoms with Gasteiger partial charge in [0, 0.05) is 11.3 Å². The predicted octanol–water partition coefficient (Wildman–Crippen LogP) is 6.66. The van der Waals surface area contributed by atoms with Crippen molar-refractivity contribution in [3.05, 3.63) is 59.7 Å². The SMILES string of the molecule is C[C@]12CC(c3ccc(OCCCCCCl)cc3)=C(c3ccc(O)cc3)C[C@@H]1CC[C@@H]2O. The standard InChI is InChI=1S/C27H33ClO3/c1-27-18-25(20-7-12-23(13-8-20)31-16-4-2-3-15-28)24(17-21(27)9-14-26(27)30)19-5-10-22(29)11-6-19/h5-8,10-13,21,26,29-30H,2-4,9,14-18H2,1H3/t21-,26-,27-/m0/s1. The van der Waals surface area contributed by atoms with Crippen molar-refractivity contribution in [3.8, 4) is 11.5 Å². The van der Waals surface area contributed by atoms with Crippen LogP contribution in [0.25, 0.3) is 11.1 Å². The molecule has 0 aromatic heterocycles. The highest BCUT2D eigenvalue weighted by Crippen LogP contribution is 2.57. The fourth-order valence-corrected chi connectivity index (χ4v) is 5.48. The molecule has 4 rings (SSSR count). The van der Waals surface area contributed by atoms with Gasteiger partial charge >= 0.3 is 0 Å². The van der Waals surface area contributed by atoms with E-state index >= 15 is 0 Å². The van der Waals surface area contributed by atoms with Crippen LogP contribution in [0.5, 0.6) is 11.5 Å². The van der Waals surface area contributed by atoms with Crippen LogP contribution >= 0.6 is 11.6 Å². The summed E-state index contributed by atoms with van der Waals surface area (Å²) in [5.74, 6) is 2.38. The minimum atomic E-state index is -0.246. The number of halogens is 1. The lowest BCUT2D eigenvalue weighted by atomic mass is 9.64. The molecular formula is C27H33ClO3. The number of allylic oxidation sites excluding steroid dienone is 2. The van der Waals surface area contributed by atoms with Gasteiger partial charge in [0.25, 0.3) is 0 Å². The quantitative estimate of drug-likeness (QED) is 0.356. The lowest BCUT2D eigenvalue weighted by Gasteiger charge is -2.41. The fourth-order valence-electron chi connectivity index (χ4n) is 5.29. The summed E-state index contributed by atoms with van der Waals surface area (Å²) in [5.41, 5.74) is 4.92. The topological polar surface area (TPSA) is 49.7 Å². The molecule has 0 aliphatic heterocycles. The monoisotopic (exact) mass is 440 g/mol. The molecule has 2 aromatic rings. The number of ether oxygens (including phenoxy) is 1. The molecule has 0 spiro atoms. The Morgan fingerprint density at radius 1 is 0.935 bits per heavy atom. The van der Waals surface area contributed by atoms with Gasteiger partial charge in [0.2, 0.25) is 0 Å². The number of aromatic hydroxyl groups is 1. The highest BCUT2D eigenvalue weighted by molar-refractivity contribution is 6.17. The Balaban J connectivity index is 1.60. The third-order valence-electron chi connectivity index (χ3n) is 7.32. The summed E-state index contributed by atoms with van der Waals surface area (Å²) in [7, 11) is 0. The molecule has 1 saturated carbocycles. The molecule has 0 unspecified atom stereocenters. The molecule has 3 nitrogen and oxygen atoms in total. The second-order valence-electron chi connectivity index (χ2n) is 9.30. The summed E-state index contributed by atoms with van der Waals surface area (Å²) < 4.78 is 5.90. The van der Waals surface area contributed by atoms with Gasteiger partial charge in [-0.2, -0.15) is 0 Å². The molecule has 0 heterocycles. The van der Waals surface area contributed by atoms with Crippen molar-refractivity contribution in [2.75, 3.05) is 12.5 Å². The maximum Gasteiger partial charge on any atom is 0.119 e. The van der Waals surface area contributed by atoms with Gasteiger partial charge in [0.15, 0.2) is 0 Å². The molecule has 0 saturated heterocycles. The summed E-state index contributed by atoms with van der Waals surface area (Å²) in [6.07, 6.45) is 6.68. The van der Waals surface area contributed by atoms with Gasteiger partial charge in [-0.15, -0.1) is 11.6 Å². The number of alkyl halides is 1. The summed E-state index contributed by atoms with van der Waals surface area (Å²) in [6, 6.07) is 15.9. The lowest BCUT2D eigenvalue weighted by molar-refractivity contribution is 0.0422. The van der Waals surface area contributed by atoms with Crippen molar-refractivity contribution in [2.45, 2.75) is 58.0 Å². The average Bonchev–Trinajstić information content (AvgIpc) is 3.07. The second-order valence-corrected chi connectivity index (χ2v) is 9.68. The zero-order chi connectivity index (χ0) is 21.8. The van der Waals surface area contributed by atoms with E-state index in [2.05, 4.69) is 31.2 Å². The normalized spacial score (nSPS) is 25.5. The maximum absolute atomic E-state index is 10.8. The Labute approximate surface area is 190 Å². The molecule has 2 N–H and O–H groups in total. The number of aliphatic hydroxyl groups excluding tert-OH is 1. The van der Waals surface area contributed by atoms with Crippen LogP contribution in [0.4, 0.5) is 0 Å². The Hall–Kier alpha value is -1.97. The smallest absolute Gasteiger partial charge is 0.119 e. The van der Waals surface area contributed by atoms with Gasteiger partial charge in [-0.3, -0.25) is 0 Å². The van der Waals surface area contributed by atoms with E-state index in [-0.39, 0.29) is 17.3 Å². The largest absolute Gasteiger partial charge is 0.508 e. The van der Waals surface area contributed by atoms with Gasteiger partial charge < -0.3 is 14.9 Å². The first-order chi connectivity index (χ1) is 15.0.